The van der Waals surface area contributed by atoms with Crippen molar-refractivity contribution in [3.63, 3.8) is 0 Å². The van der Waals surface area contributed by atoms with Crippen molar-refractivity contribution in [1.82, 2.24) is 10.2 Å². The summed E-state index contributed by atoms with van der Waals surface area (Å²) in [4.78, 5) is 13.2. The van der Waals surface area contributed by atoms with Crippen molar-refractivity contribution in [1.29, 1.82) is 0 Å². The normalized spacial score (nSPS) is 37.3. The van der Waals surface area contributed by atoms with Gasteiger partial charge in [-0.2, -0.15) is 0 Å². The van der Waals surface area contributed by atoms with E-state index in [1.165, 1.54) is 19.3 Å². The van der Waals surface area contributed by atoms with Gasteiger partial charge in [-0.25, -0.2) is 0 Å². The zero-order chi connectivity index (χ0) is 13.9. The predicted molar refractivity (Wildman–Crippen MR) is 75.7 cm³/mol. The molecule has 0 saturated heterocycles. The maximum atomic E-state index is 11.3. The van der Waals surface area contributed by atoms with E-state index in [1.54, 1.807) is 7.11 Å². The van der Waals surface area contributed by atoms with Gasteiger partial charge in [0.25, 0.3) is 0 Å². The number of hydrogen-bond acceptors (Lipinski definition) is 3. The molecule has 0 bridgehead atoms. The van der Waals surface area contributed by atoms with Crippen LogP contribution in [0.2, 0.25) is 0 Å². The van der Waals surface area contributed by atoms with Gasteiger partial charge in [-0.15, -0.1) is 0 Å². The molecule has 110 valence electrons. The summed E-state index contributed by atoms with van der Waals surface area (Å²) in [6, 6.07) is 0. The second-order valence-electron chi connectivity index (χ2n) is 6.22. The van der Waals surface area contributed by atoms with Crippen LogP contribution >= 0.6 is 0 Å². The summed E-state index contributed by atoms with van der Waals surface area (Å²) in [5.74, 6) is 2.39. The highest BCUT2D eigenvalue weighted by Gasteiger charge is 2.50. The predicted octanol–water partition coefficient (Wildman–Crippen LogP) is 1.85. The summed E-state index contributed by atoms with van der Waals surface area (Å²) in [5, 5.41) is 3.44. The number of hydrogen-bond donors (Lipinski definition) is 1. The van der Waals surface area contributed by atoms with Crippen LogP contribution in [0.1, 0.15) is 39.0 Å². The lowest BCUT2D eigenvalue weighted by Gasteiger charge is -2.39. The standard InChI is InChI=1S/C15H28N2O2/c1-4-17(11-18)15(16-2)9-13-7-12(5-6-19-3)8-14(13)10-15/h11-14,16H,4-10H2,1-3H3. The van der Waals surface area contributed by atoms with Gasteiger partial charge in [0.15, 0.2) is 0 Å². The molecule has 4 nitrogen and oxygen atoms in total. The number of nitrogens with one attached hydrogen (secondary N) is 1. The number of fused-ring (bicyclic) bond motifs is 1. The van der Waals surface area contributed by atoms with Gasteiger partial charge >= 0.3 is 0 Å². The van der Waals surface area contributed by atoms with E-state index in [2.05, 4.69) is 12.2 Å². The summed E-state index contributed by atoms with van der Waals surface area (Å²) in [6.45, 7) is 3.73. The lowest BCUT2D eigenvalue weighted by Crippen LogP contribution is -2.55. The third-order valence-electron chi connectivity index (χ3n) is 5.35. The molecule has 2 unspecified atom stereocenters. The molecule has 0 spiro atoms. The Hall–Kier alpha value is -0.610. The average Bonchev–Trinajstić information content (AvgIpc) is 2.93. The first-order valence-electron chi connectivity index (χ1n) is 7.59. The second-order valence-corrected chi connectivity index (χ2v) is 6.22. The molecule has 0 aromatic carbocycles. The number of rotatable bonds is 7. The molecule has 2 saturated carbocycles. The van der Waals surface area contributed by atoms with Crippen LogP contribution in [-0.4, -0.2) is 44.3 Å². The van der Waals surface area contributed by atoms with E-state index in [4.69, 9.17) is 4.74 Å². The minimum Gasteiger partial charge on any atom is -0.385 e. The van der Waals surface area contributed by atoms with Gasteiger partial charge in [-0.1, -0.05) is 0 Å². The number of methoxy groups -OCH3 is 1. The van der Waals surface area contributed by atoms with Crippen molar-refractivity contribution >= 4 is 6.41 Å². The number of carbonyl (C=O) groups excluding carboxylic acids is 1. The summed E-state index contributed by atoms with van der Waals surface area (Å²) in [5.41, 5.74) is -0.0853. The van der Waals surface area contributed by atoms with E-state index in [1.807, 2.05) is 11.9 Å². The number of carbonyl (C=O) groups is 1. The highest BCUT2D eigenvalue weighted by atomic mass is 16.5. The number of amides is 1. The van der Waals surface area contributed by atoms with Gasteiger partial charge in [-0.05, 0) is 63.8 Å². The quantitative estimate of drug-likeness (QED) is 0.566. The van der Waals surface area contributed by atoms with Crippen molar-refractivity contribution < 1.29 is 9.53 Å². The monoisotopic (exact) mass is 268 g/mol. The third-order valence-corrected chi connectivity index (χ3v) is 5.35. The highest BCUT2D eigenvalue weighted by molar-refractivity contribution is 5.49. The van der Waals surface area contributed by atoms with Crippen molar-refractivity contribution in [2.45, 2.75) is 44.7 Å². The van der Waals surface area contributed by atoms with Crippen molar-refractivity contribution in [2.24, 2.45) is 17.8 Å². The molecule has 2 rings (SSSR count). The van der Waals surface area contributed by atoms with E-state index in [9.17, 15) is 4.79 Å². The molecular weight excluding hydrogens is 240 g/mol. The van der Waals surface area contributed by atoms with Crippen LogP contribution in [0.5, 0.6) is 0 Å². The van der Waals surface area contributed by atoms with Crippen LogP contribution in [-0.2, 0) is 9.53 Å². The zero-order valence-electron chi connectivity index (χ0n) is 12.5. The van der Waals surface area contributed by atoms with E-state index in [0.29, 0.717) is 0 Å². The summed E-state index contributed by atoms with van der Waals surface area (Å²) in [7, 11) is 3.78. The van der Waals surface area contributed by atoms with E-state index >= 15 is 0 Å². The van der Waals surface area contributed by atoms with Gasteiger partial charge in [0, 0.05) is 20.3 Å². The minimum absolute atomic E-state index is 0.0853. The molecular formula is C15H28N2O2. The largest absolute Gasteiger partial charge is 0.385 e. The molecule has 4 heteroatoms. The molecule has 0 aliphatic heterocycles. The first kappa shape index (κ1) is 14.8. The Morgan fingerprint density at radius 1 is 1.37 bits per heavy atom. The van der Waals surface area contributed by atoms with Gasteiger partial charge in [-0.3, -0.25) is 10.1 Å². The molecule has 19 heavy (non-hydrogen) atoms. The molecule has 0 radical (unpaired) electrons. The van der Waals surface area contributed by atoms with Gasteiger partial charge in [0.2, 0.25) is 6.41 Å². The number of ether oxygens (including phenoxy) is 1. The maximum absolute atomic E-state index is 11.3. The van der Waals surface area contributed by atoms with Gasteiger partial charge in [0.05, 0.1) is 5.66 Å². The molecule has 2 aliphatic rings. The average molecular weight is 268 g/mol. The molecule has 1 N–H and O–H groups in total. The maximum Gasteiger partial charge on any atom is 0.211 e. The Kier molecular flexibility index (Phi) is 4.85. The van der Waals surface area contributed by atoms with Crippen molar-refractivity contribution in [2.75, 3.05) is 27.3 Å². The zero-order valence-corrected chi connectivity index (χ0v) is 12.5. The van der Waals surface area contributed by atoms with Crippen LogP contribution in [0.3, 0.4) is 0 Å². The Labute approximate surface area is 116 Å². The lowest BCUT2D eigenvalue weighted by atomic mass is 9.95. The first-order chi connectivity index (χ1) is 9.19. The minimum atomic E-state index is -0.0853. The van der Waals surface area contributed by atoms with Crippen LogP contribution in [0.25, 0.3) is 0 Å². The third kappa shape index (κ3) is 2.79. The molecule has 0 aromatic rings. The van der Waals surface area contributed by atoms with E-state index in [-0.39, 0.29) is 5.66 Å². The summed E-state index contributed by atoms with van der Waals surface area (Å²) in [6.07, 6.45) is 7.07. The van der Waals surface area contributed by atoms with Crippen LogP contribution in [0.15, 0.2) is 0 Å². The molecule has 0 heterocycles. The van der Waals surface area contributed by atoms with E-state index in [0.717, 1.165) is 50.2 Å². The SMILES string of the molecule is CCN(C=O)C1(NC)CC2CC(CCOC)CC2C1. The van der Waals surface area contributed by atoms with E-state index < -0.39 is 0 Å². The Morgan fingerprint density at radius 3 is 2.42 bits per heavy atom. The highest BCUT2D eigenvalue weighted by Crippen LogP contribution is 2.52. The molecule has 2 atom stereocenters. The fraction of sp³-hybridized carbons (Fsp3) is 0.933. The topological polar surface area (TPSA) is 41.6 Å². The van der Waals surface area contributed by atoms with Crippen LogP contribution in [0, 0.1) is 17.8 Å². The summed E-state index contributed by atoms with van der Waals surface area (Å²) < 4.78 is 5.19. The second kappa shape index (κ2) is 6.23. The molecule has 2 aliphatic carbocycles. The van der Waals surface area contributed by atoms with Crippen molar-refractivity contribution in [3.8, 4) is 0 Å². The molecule has 2 fully saturated rings. The Balaban J connectivity index is 1.96. The van der Waals surface area contributed by atoms with Gasteiger partial charge in [0.1, 0.15) is 0 Å². The fourth-order valence-corrected chi connectivity index (χ4v) is 4.37. The first-order valence-corrected chi connectivity index (χ1v) is 7.59. The Morgan fingerprint density at radius 2 is 2.00 bits per heavy atom. The van der Waals surface area contributed by atoms with Crippen molar-refractivity contribution in [3.05, 3.63) is 0 Å². The smallest absolute Gasteiger partial charge is 0.211 e. The van der Waals surface area contributed by atoms with Gasteiger partial charge < -0.3 is 9.64 Å². The summed E-state index contributed by atoms with van der Waals surface area (Å²) >= 11 is 0. The van der Waals surface area contributed by atoms with Crippen LogP contribution in [0.4, 0.5) is 0 Å². The van der Waals surface area contributed by atoms with Crippen LogP contribution < -0.4 is 5.32 Å². The molecule has 1 amide bonds. The lowest BCUT2D eigenvalue weighted by molar-refractivity contribution is -0.125. The molecule has 0 aromatic heterocycles. The fourth-order valence-electron chi connectivity index (χ4n) is 4.37. The Bertz CT molecular complexity index is 295. The number of nitrogens with zero attached hydrogens (tertiary/aromatic N) is 1.